The molecule has 18 heavy (non-hydrogen) atoms. The maximum atomic E-state index is 12.2. The third-order valence-electron chi connectivity index (χ3n) is 2.97. The van der Waals surface area contributed by atoms with Gasteiger partial charge in [0.05, 0.1) is 6.04 Å². The van der Waals surface area contributed by atoms with Crippen LogP contribution in [-0.4, -0.2) is 19.0 Å². The minimum Gasteiger partial charge on any atom is -0.320 e. The number of aryl methyl sites for hydroxylation is 2. The van der Waals surface area contributed by atoms with Gasteiger partial charge in [-0.2, -0.15) is 0 Å². The molecule has 2 N–H and O–H groups in total. The van der Waals surface area contributed by atoms with E-state index < -0.39 is 6.04 Å². The van der Waals surface area contributed by atoms with E-state index in [0.29, 0.717) is 12.3 Å². The highest BCUT2D eigenvalue weighted by atomic mass is 16.2. The van der Waals surface area contributed by atoms with E-state index in [-0.39, 0.29) is 5.91 Å². The van der Waals surface area contributed by atoms with Crippen LogP contribution < -0.4 is 10.6 Å². The molecule has 0 radical (unpaired) electrons. The molecule has 1 aromatic rings. The van der Waals surface area contributed by atoms with Crippen LogP contribution in [-0.2, 0) is 4.79 Å². The lowest BCUT2D eigenvalue weighted by molar-refractivity contribution is -0.119. The Morgan fingerprint density at radius 3 is 2.17 bits per heavy atom. The maximum Gasteiger partial charge on any atom is 0.243 e. The third kappa shape index (κ3) is 3.84. The van der Waals surface area contributed by atoms with Gasteiger partial charge >= 0.3 is 0 Å². The van der Waals surface area contributed by atoms with Crippen LogP contribution in [0.4, 0.5) is 5.69 Å². The molecule has 0 saturated carbocycles. The van der Waals surface area contributed by atoms with E-state index in [1.807, 2.05) is 26.0 Å². The molecule has 1 rings (SSSR count). The fourth-order valence-corrected chi connectivity index (χ4v) is 2.13. The summed E-state index contributed by atoms with van der Waals surface area (Å²) in [6, 6.07) is 5.69. The average Bonchev–Trinajstić information content (AvgIpc) is 2.24. The first-order valence-electron chi connectivity index (χ1n) is 6.42. The molecule has 1 aromatic carbocycles. The van der Waals surface area contributed by atoms with Crippen molar-refractivity contribution in [1.82, 2.24) is 0 Å². The Morgan fingerprint density at radius 2 is 1.72 bits per heavy atom. The zero-order valence-electron chi connectivity index (χ0n) is 12.0. The Morgan fingerprint density at radius 1 is 1.22 bits per heavy atom. The van der Waals surface area contributed by atoms with Crippen molar-refractivity contribution >= 4 is 11.6 Å². The maximum absolute atomic E-state index is 12.2. The van der Waals surface area contributed by atoms with E-state index in [1.165, 1.54) is 0 Å². The molecule has 0 aliphatic heterocycles. The van der Waals surface area contributed by atoms with Gasteiger partial charge in [-0.3, -0.25) is 4.79 Å². The molecule has 0 aliphatic carbocycles. The summed E-state index contributed by atoms with van der Waals surface area (Å²) >= 11 is 0. The molecule has 0 fully saturated rings. The summed E-state index contributed by atoms with van der Waals surface area (Å²) in [6.07, 6.45) is 0.716. The smallest absolute Gasteiger partial charge is 0.243 e. The Labute approximate surface area is 110 Å². The molecule has 3 heteroatoms. The van der Waals surface area contributed by atoms with Crippen molar-refractivity contribution in [2.45, 2.75) is 40.2 Å². The van der Waals surface area contributed by atoms with Crippen molar-refractivity contribution in [3.05, 3.63) is 29.3 Å². The first-order chi connectivity index (χ1) is 8.31. The van der Waals surface area contributed by atoms with Crippen molar-refractivity contribution in [3.63, 3.8) is 0 Å². The predicted molar refractivity (Wildman–Crippen MR) is 76.8 cm³/mol. The zero-order valence-corrected chi connectivity index (χ0v) is 12.0. The quantitative estimate of drug-likeness (QED) is 0.890. The van der Waals surface area contributed by atoms with Crippen LogP contribution in [0.3, 0.4) is 0 Å². The van der Waals surface area contributed by atoms with E-state index in [0.717, 1.165) is 16.8 Å². The van der Waals surface area contributed by atoms with E-state index in [9.17, 15) is 4.79 Å². The minimum absolute atomic E-state index is 0.0197. The Bertz CT molecular complexity index is 406. The topological polar surface area (TPSA) is 46.3 Å². The van der Waals surface area contributed by atoms with Gasteiger partial charge in [0.1, 0.15) is 0 Å². The Kier molecular flexibility index (Phi) is 4.91. The molecule has 0 heterocycles. The lowest BCUT2D eigenvalue weighted by atomic mass is 10.0. The first-order valence-corrected chi connectivity index (χ1v) is 6.42. The number of hydrogen-bond donors (Lipinski definition) is 1. The monoisotopic (exact) mass is 248 g/mol. The number of nitrogens with zero attached hydrogens (tertiary/aromatic N) is 1. The van der Waals surface area contributed by atoms with Gasteiger partial charge in [0.25, 0.3) is 0 Å². The number of carbonyl (C=O) groups excluding carboxylic acids is 1. The normalized spacial score (nSPS) is 12.6. The second kappa shape index (κ2) is 6.01. The second-order valence-corrected chi connectivity index (χ2v) is 5.48. The molecule has 0 saturated heterocycles. The third-order valence-corrected chi connectivity index (χ3v) is 2.97. The first kappa shape index (κ1) is 14.7. The summed E-state index contributed by atoms with van der Waals surface area (Å²) in [7, 11) is 1.79. The molecule has 0 unspecified atom stereocenters. The van der Waals surface area contributed by atoms with Gasteiger partial charge in [-0.1, -0.05) is 19.9 Å². The molecule has 3 nitrogen and oxygen atoms in total. The number of anilines is 1. The number of nitrogens with two attached hydrogens (primary N) is 1. The van der Waals surface area contributed by atoms with Crippen LogP contribution in [0.25, 0.3) is 0 Å². The second-order valence-electron chi connectivity index (χ2n) is 5.48. The van der Waals surface area contributed by atoms with Gasteiger partial charge in [-0.25, -0.2) is 0 Å². The fraction of sp³-hybridized carbons (Fsp3) is 0.533. The molecule has 0 aliphatic rings. The van der Waals surface area contributed by atoms with Gasteiger partial charge in [-0.15, -0.1) is 0 Å². The van der Waals surface area contributed by atoms with Gasteiger partial charge in [0.2, 0.25) is 5.91 Å². The molecule has 0 bridgehead atoms. The number of carbonyl (C=O) groups is 1. The highest BCUT2D eigenvalue weighted by Crippen LogP contribution is 2.19. The number of likely N-dealkylation sites (N-methyl/N-ethyl adjacent to an activating group) is 1. The van der Waals surface area contributed by atoms with Gasteiger partial charge in [-0.05, 0) is 49.4 Å². The molecular formula is C15H24N2O. The van der Waals surface area contributed by atoms with Crippen molar-refractivity contribution < 1.29 is 4.79 Å². The number of benzene rings is 1. The predicted octanol–water partition coefficient (Wildman–Crippen LogP) is 2.64. The van der Waals surface area contributed by atoms with Crippen molar-refractivity contribution in [1.29, 1.82) is 0 Å². The standard InChI is InChI=1S/C15H24N2O/c1-10(2)6-14(16)15(18)17(5)13-8-11(3)7-12(4)9-13/h7-10,14H,6,16H2,1-5H3/t14-/m0/s1. The van der Waals surface area contributed by atoms with Gasteiger partial charge in [0.15, 0.2) is 0 Å². The van der Waals surface area contributed by atoms with Crippen LogP contribution >= 0.6 is 0 Å². The van der Waals surface area contributed by atoms with E-state index in [4.69, 9.17) is 5.73 Å². The van der Waals surface area contributed by atoms with E-state index in [1.54, 1.807) is 11.9 Å². The molecule has 0 spiro atoms. The fourth-order valence-electron chi connectivity index (χ4n) is 2.13. The van der Waals surface area contributed by atoms with Crippen LogP contribution in [0.1, 0.15) is 31.4 Å². The highest BCUT2D eigenvalue weighted by molar-refractivity contribution is 5.96. The van der Waals surface area contributed by atoms with Crippen molar-refractivity contribution in [2.75, 3.05) is 11.9 Å². The summed E-state index contributed by atoms with van der Waals surface area (Å²) in [6.45, 7) is 8.21. The molecule has 1 atom stereocenters. The van der Waals surface area contributed by atoms with Gasteiger partial charge in [0, 0.05) is 12.7 Å². The zero-order chi connectivity index (χ0) is 13.9. The van der Waals surface area contributed by atoms with E-state index >= 15 is 0 Å². The molecular weight excluding hydrogens is 224 g/mol. The molecule has 0 aromatic heterocycles. The Hall–Kier alpha value is -1.35. The molecule has 1 amide bonds. The minimum atomic E-state index is -0.421. The van der Waals surface area contributed by atoms with Crippen molar-refractivity contribution in [2.24, 2.45) is 11.7 Å². The molecule has 100 valence electrons. The van der Waals surface area contributed by atoms with Crippen LogP contribution in [0.5, 0.6) is 0 Å². The summed E-state index contributed by atoms with van der Waals surface area (Å²) < 4.78 is 0. The highest BCUT2D eigenvalue weighted by Gasteiger charge is 2.20. The summed E-state index contributed by atoms with van der Waals surface area (Å²) in [5, 5.41) is 0. The number of hydrogen-bond acceptors (Lipinski definition) is 2. The summed E-state index contributed by atoms with van der Waals surface area (Å²) in [4.78, 5) is 13.9. The van der Waals surface area contributed by atoms with Crippen LogP contribution in [0, 0.1) is 19.8 Å². The van der Waals surface area contributed by atoms with Crippen LogP contribution in [0.15, 0.2) is 18.2 Å². The number of rotatable bonds is 4. The lowest BCUT2D eigenvalue weighted by Crippen LogP contribution is -2.42. The summed E-state index contributed by atoms with van der Waals surface area (Å²) in [5.41, 5.74) is 9.16. The largest absolute Gasteiger partial charge is 0.320 e. The SMILES string of the molecule is Cc1cc(C)cc(N(C)C(=O)[C@@H](N)CC(C)C)c1. The van der Waals surface area contributed by atoms with E-state index in [2.05, 4.69) is 19.9 Å². The average molecular weight is 248 g/mol. The Balaban J connectivity index is 2.85. The van der Waals surface area contributed by atoms with Crippen molar-refractivity contribution in [3.8, 4) is 0 Å². The lowest BCUT2D eigenvalue weighted by Gasteiger charge is -2.23. The van der Waals surface area contributed by atoms with Crippen LogP contribution in [0.2, 0.25) is 0 Å². The number of amides is 1. The summed E-state index contributed by atoms with van der Waals surface area (Å²) in [5.74, 6) is 0.408. The van der Waals surface area contributed by atoms with Gasteiger partial charge < -0.3 is 10.6 Å².